The molecule has 164 valence electrons. The van der Waals surface area contributed by atoms with E-state index < -0.39 is 21.4 Å². The monoisotopic (exact) mass is 442 g/mol. The molecule has 3 rings (SSSR count). The molecule has 1 unspecified atom stereocenters. The molecular weight excluding hydrogens is 416 g/mol. The first kappa shape index (κ1) is 22.5. The number of methoxy groups -OCH3 is 1. The molecule has 0 bridgehead atoms. The van der Waals surface area contributed by atoms with Gasteiger partial charge in [0.2, 0.25) is 0 Å². The minimum atomic E-state index is -2.88. The maximum Gasteiger partial charge on any atom is 0.414 e. The number of fused-ring (bicyclic) bond motifs is 1. The third kappa shape index (κ3) is 5.11. The van der Waals surface area contributed by atoms with Gasteiger partial charge in [-0.15, -0.1) is 0 Å². The lowest BCUT2D eigenvalue weighted by Gasteiger charge is -2.25. The van der Waals surface area contributed by atoms with E-state index in [1.165, 1.54) is 17.5 Å². The number of rotatable bonds is 4. The van der Waals surface area contributed by atoms with E-state index in [0.717, 1.165) is 0 Å². The summed E-state index contributed by atoms with van der Waals surface area (Å²) in [4.78, 5) is 22.7. The largest absolute Gasteiger partial charge is 0.494 e. The first-order chi connectivity index (χ1) is 14.5. The summed E-state index contributed by atoms with van der Waals surface area (Å²) in [6, 6.07) is 12.2. The second-order valence-electron chi connectivity index (χ2n) is 7.98. The number of carbonyl (C=O) groups is 1. The average Bonchev–Trinajstić information content (AvgIpc) is 2.71. The molecule has 0 fully saturated rings. The van der Waals surface area contributed by atoms with Crippen molar-refractivity contribution in [2.75, 3.05) is 25.3 Å². The molecule has 0 N–H and O–H groups in total. The van der Waals surface area contributed by atoms with Crippen LogP contribution in [0.15, 0.2) is 58.1 Å². The molecule has 1 amide bonds. The molecule has 1 aromatic heterocycles. The Bertz CT molecular complexity index is 1240. The smallest absolute Gasteiger partial charge is 0.414 e. The number of benzene rings is 2. The van der Waals surface area contributed by atoms with Gasteiger partial charge in [-0.25, -0.2) is 19.0 Å². The Hall–Kier alpha value is -3.20. The van der Waals surface area contributed by atoms with Crippen LogP contribution in [0.3, 0.4) is 0 Å². The summed E-state index contributed by atoms with van der Waals surface area (Å²) in [6.45, 7) is 5.40. The van der Waals surface area contributed by atoms with E-state index in [0.29, 0.717) is 33.1 Å². The number of hydrogen-bond donors (Lipinski definition) is 0. The van der Waals surface area contributed by atoms with Crippen molar-refractivity contribution < 1.29 is 18.5 Å². The molecule has 0 saturated carbocycles. The lowest BCUT2D eigenvalue weighted by Crippen LogP contribution is -2.34. The maximum absolute atomic E-state index is 13.5. The van der Waals surface area contributed by atoms with Gasteiger partial charge in [0.1, 0.15) is 23.2 Å². The normalized spacial score (nSPS) is 13.4. The minimum absolute atomic E-state index is 0.308. The molecule has 2 aromatic carbocycles. The zero-order valence-electron chi connectivity index (χ0n) is 18.4. The third-order valence-electron chi connectivity index (χ3n) is 4.40. The molecule has 8 nitrogen and oxygen atoms in total. The van der Waals surface area contributed by atoms with Crippen LogP contribution in [0.4, 0.5) is 16.3 Å². The topological polar surface area (TPSA) is 94.0 Å². The Kier molecular flexibility index (Phi) is 6.17. The fourth-order valence-electron chi connectivity index (χ4n) is 2.87. The average molecular weight is 443 g/mol. The number of nitrogens with zero attached hydrogens (tertiary/aromatic N) is 4. The molecule has 0 spiro atoms. The molecule has 1 heterocycles. The molecule has 0 aliphatic carbocycles. The number of para-hydroxylation sites is 1. The number of ether oxygens (including phenoxy) is 2. The number of hydrogen-bond acceptors (Lipinski definition) is 7. The highest BCUT2D eigenvalue weighted by Gasteiger charge is 2.21. The molecule has 9 heteroatoms. The predicted octanol–water partition coefficient (Wildman–Crippen LogP) is 4.80. The molecule has 31 heavy (non-hydrogen) atoms. The van der Waals surface area contributed by atoms with Gasteiger partial charge in [0.15, 0.2) is 5.82 Å². The molecule has 0 aliphatic rings. The lowest BCUT2D eigenvalue weighted by atomic mass is 10.2. The number of anilines is 1. The summed E-state index contributed by atoms with van der Waals surface area (Å²) in [5.74, 6) is 0.891. The first-order valence-electron chi connectivity index (χ1n) is 9.58. The van der Waals surface area contributed by atoms with Crippen LogP contribution < -0.4 is 9.64 Å². The summed E-state index contributed by atoms with van der Waals surface area (Å²) in [5.41, 5.74) is 0.518. The van der Waals surface area contributed by atoms with Crippen molar-refractivity contribution >= 4 is 38.2 Å². The highest BCUT2D eigenvalue weighted by molar-refractivity contribution is 7.93. The van der Waals surface area contributed by atoms with Crippen LogP contribution in [0, 0.1) is 0 Å². The van der Waals surface area contributed by atoms with E-state index in [1.807, 2.05) is 0 Å². The summed E-state index contributed by atoms with van der Waals surface area (Å²) < 4.78 is 28.7. The fraction of sp³-hybridized carbons (Fsp3) is 0.318. The van der Waals surface area contributed by atoms with Crippen LogP contribution in [0.2, 0.25) is 0 Å². The van der Waals surface area contributed by atoms with Gasteiger partial charge in [0.05, 0.1) is 16.8 Å². The van der Waals surface area contributed by atoms with Crippen molar-refractivity contribution in [3.63, 3.8) is 0 Å². The van der Waals surface area contributed by atoms with Crippen LogP contribution in [0.5, 0.6) is 5.75 Å². The second kappa shape index (κ2) is 8.50. The molecular formula is C22H26N4O4S. The maximum atomic E-state index is 13.5. The highest BCUT2D eigenvalue weighted by atomic mass is 32.2. The van der Waals surface area contributed by atoms with Crippen molar-refractivity contribution in [2.24, 2.45) is 4.36 Å². The van der Waals surface area contributed by atoms with Gasteiger partial charge < -0.3 is 9.47 Å². The van der Waals surface area contributed by atoms with E-state index in [-0.39, 0.29) is 0 Å². The Balaban J connectivity index is 2.03. The van der Waals surface area contributed by atoms with Crippen molar-refractivity contribution in [3.05, 3.63) is 48.8 Å². The van der Waals surface area contributed by atoms with Crippen LogP contribution in [-0.4, -0.2) is 46.3 Å². The fourth-order valence-corrected chi connectivity index (χ4v) is 4.12. The van der Waals surface area contributed by atoms with Crippen LogP contribution >= 0.6 is 0 Å². The van der Waals surface area contributed by atoms with E-state index in [4.69, 9.17) is 9.47 Å². The standard InChI is InChI=1S/C22H26N4O4S/c1-22(2,3)30-21(27)26(4)15-9-7-10-16(13-15)31(6,28)25-20-17-11-8-12-18(29-5)19(17)23-14-24-20/h7-14H,1-6H3. The van der Waals surface area contributed by atoms with E-state index in [1.54, 1.807) is 77.4 Å². The van der Waals surface area contributed by atoms with E-state index >= 15 is 0 Å². The summed E-state index contributed by atoms with van der Waals surface area (Å²) in [7, 11) is 0.286. The zero-order valence-corrected chi connectivity index (χ0v) is 19.3. The van der Waals surface area contributed by atoms with Gasteiger partial charge >= 0.3 is 6.09 Å². The molecule has 0 saturated heterocycles. The van der Waals surface area contributed by atoms with Crippen molar-refractivity contribution in [3.8, 4) is 5.75 Å². The molecule has 0 aliphatic heterocycles. The van der Waals surface area contributed by atoms with Crippen LogP contribution in [0.1, 0.15) is 20.8 Å². The number of amides is 1. The van der Waals surface area contributed by atoms with Gasteiger partial charge in [0, 0.05) is 29.3 Å². The van der Waals surface area contributed by atoms with Gasteiger partial charge in [-0.3, -0.25) is 4.90 Å². The molecule has 3 aromatic rings. The summed E-state index contributed by atoms with van der Waals surface area (Å²) in [6.07, 6.45) is 2.40. The van der Waals surface area contributed by atoms with Crippen molar-refractivity contribution in [1.82, 2.24) is 9.97 Å². The van der Waals surface area contributed by atoms with E-state index in [9.17, 15) is 9.00 Å². The quantitative estimate of drug-likeness (QED) is 0.576. The number of carbonyl (C=O) groups excluding carboxylic acids is 1. The Morgan fingerprint density at radius 1 is 1.13 bits per heavy atom. The summed E-state index contributed by atoms with van der Waals surface area (Å²) >= 11 is 0. The van der Waals surface area contributed by atoms with Gasteiger partial charge in [0.25, 0.3) is 0 Å². The van der Waals surface area contributed by atoms with Crippen LogP contribution in [-0.2, 0) is 14.5 Å². The molecule has 0 radical (unpaired) electrons. The Labute approximate surface area is 182 Å². The SMILES string of the molecule is COc1cccc2c(N=S(C)(=O)c3cccc(N(C)C(=O)OC(C)(C)C)c3)ncnc12. The second-order valence-corrected chi connectivity index (χ2v) is 10.2. The highest BCUT2D eigenvalue weighted by Crippen LogP contribution is 2.31. The van der Waals surface area contributed by atoms with Gasteiger partial charge in [-0.1, -0.05) is 12.1 Å². The summed E-state index contributed by atoms with van der Waals surface area (Å²) in [5, 5.41) is 0.637. The van der Waals surface area contributed by atoms with Gasteiger partial charge in [-0.05, 0) is 51.1 Å². The zero-order chi connectivity index (χ0) is 22.8. The minimum Gasteiger partial charge on any atom is -0.494 e. The van der Waals surface area contributed by atoms with Crippen molar-refractivity contribution in [1.29, 1.82) is 0 Å². The Morgan fingerprint density at radius 2 is 1.84 bits per heavy atom. The lowest BCUT2D eigenvalue weighted by molar-refractivity contribution is 0.0589. The van der Waals surface area contributed by atoms with E-state index in [2.05, 4.69) is 14.3 Å². The Morgan fingerprint density at radius 3 is 2.52 bits per heavy atom. The predicted molar refractivity (Wildman–Crippen MR) is 122 cm³/mol. The molecule has 1 atom stereocenters. The van der Waals surface area contributed by atoms with Gasteiger partial charge in [-0.2, -0.15) is 4.36 Å². The van der Waals surface area contributed by atoms with Crippen LogP contribution in [0.25, 0.3) is 10.9 Å². The number of aromatic nitrogens is 2. The first-order valence-corrected chi connectivity index (χ1v) is 11.5. The van der Waals surface area contributed by atoms with Crippen molar-refractivity contribution in [2.45, 2.75) is 31.3 Å². The third-order valence-corrected chi connectivity index (χ3v) is 6.05.